The maximum Gasteiger partial charge on any atom is 0.339 e. The van der Waals surface area contributed by atoms with Crippen LogP contribution in [0.5, 0.6) is 0 Å². The van der Waals surface area contributed by atoms with E-state index in [-0.39, 0.29) is 18.6 Å². The van der Waals surface area contributed by atoms with Crippen molar-refractivity contribution >= 4 is 17.7 Å². The zero-order chi connectivity index (χ0) is 20.2. The summed E-state index contributed by atoms with van der Waals surface area (Å²) in [4.78, 5) is 34.9. The van der Waals surface area contributed by atoms with Gasteiger partial charge in [0.05, 0.1) is 13.2 Å². The van der Waals surface area contributed by atoms with Crippen molar-refractivity contribution < 1.29 is 54.8 Å². The van der Waals surface area contributed by atoms with Gasteiger partial charge < -0.3 is 35.2 Å². The van der Waals surface area contributed by atoms with Crippen LogP contribution in [0.4, 0.5) is 0 Å². The number of carbonyl (C=O) groups excluding carboxylic acids is 3. The Hall–Kier alpha value is -1.89. The number of hydrogen-bond acceptors (Lipinski definition) is 11. The van der Waals surface area contributed by atoms with Crippen LogP contribution in [0.15, 0.2) is 12.2 Å². The number of rotatable bonds is 9. The summed E-state index contributed by atoms with van der Waals surface area (Å²) >= 11 is 0. The third-order valence-electron chi connectivity index (χ3n) is 2.64. The monoisotopic (exact) mass is 368 g/mol. The van der Waals surface area contributed by atoms with Gasteiger partial charge in [-0.2, -0.15) is 5.26 Å². The first-order chi connectivity index (χ1) is 11.5. The van der Waals surface area contributed by atoms with Crippen molar-refractivity contribution in [2.24, 2.45) is 0 Å². The van der Waals surface area contributed by atoms with Crippen LogP contribution in [0.2, 0.25) is 0 Å². The number of ketones is 1. The summed E-state index contributed by atoms with van der Waals surface area (Å²) in [5, 5.41) is 53.2. The molecular formula is C14H24O11. The number of carbonyl (C=O) groups is 3. The average Bonchev–Trinajstić information content (AvgIpc) is 2.58. The van der Waals surface area contributed by atoms with E-state index in [1.807, 2.05) is 0 Å². The number of Topliss-reactive ketones (excluding diaryl/α,β-unsaturated/α-hetero) is 1. The number of aliphatic hydroxyl groups is 5. The van der Waals surface area contributed by atoms with E-state index in [4.69, 9.17) is 15.5 Å². The molecule has 25 heavy (non-hydrogen) atoms. The zero-order valence-corrected chi connectivity index (χ0v) is 13.9. The smallest absolute Gasteiger partial charge is 0.339 e. The van der Waals surface area contributed by atoms with Crippen LogP contribution in [0.1, 0.15) is 20.3 Å². The molecule has 0 radical (unpaired) electrons. The summed E-state index contributed by atoms with van der Waals surface area (Å²) < 4.78 is 4.63. The van der Waals surface area contributed by atoms with Gasteiger partial charge in [-0.25, -0.2) is 9.59 Å². The van der Waals surface area contributed by atoms with Gasteiger partial charge in [-0.1, -0.05) is 6.58 Å². The SMILES string of the molecule is C=C(C)C(=O)OCCC(=O)C(O)C(O)C(O)C(O)CO.CC(=O)OO. The number of aliphatic hydroxyl groups excluding tert-OH is 5. The predicted molar refractivity (Wildman–Crippen MR) is 80.9 cm³/mol. The van der Waals surface area contributed by atoms with Crippen LogP contribution < -0.4 is 0 Å². The lowest BCUT2D eigenvalue weighted by Crippen LogP contribution is -2.48. The van der Waals surface area contributed by atoms with Gasteiger partial charge in [0.25, 0.3) is 0 Å². The Bertz CT molecular complexity index is 448. The Labute approximate surface area is 143 Å². The summed E-state index contributed by atoms with van der Waals surface area (Å²) in [6.07, 6.45) is -7.86. The molecule has 0 aliphatic carbocycles. The average molecular weight is 368 g/mol. The van der Waals surface area contributed by atoms with Crippen molar-refractivity contribution in [1.82, 2.24) is 0 Å². The first kappa shape index (κ1) is 25.4. The van der Waals surface area contributed by atoms with Gasteiger partial charge in [0, 0.05) is 18.9 Å². The second-order valence-corrected chi connectivity index (χ2v) is 4.89. The number of esters is 1. The predicted octanol–water partition coefficient (Wildman–Crippen LogP) is -2.48. The topological polar surface area (TPSA) is 191 Å². The van der Waals surface area contributed by atoms with Crippen LogP contribution >= 0.6 is 0 Å². The summed E-state index contributed by atoms with van der Waals surface area (Å²) in [6, 6.07) is 0. The van der Waals surface area contributed by atoms with Crippen LogP contribution in [0, 0.1) is 0 Å². The maximum atomic E-state index is 11.5. The van der Waals surface area contributed by atoms with Crippen LogP contribution in [-0.4, -0.2) is 86.1 Å². The molecule has 11 nitrogen and oxygen atoms in total. The molecule has 6 N–H and O–H groups in total. The quantitative estimate of drug-likeness (QED) is 0.109. The molecule has 11 heteroatoms. The van der Waals surface area contributed by atoms with Gasteiger partial charge in [0.2, 0.25) is 0 Å². The molecule has 0 bridgehead atoms. The van der Waals surface area contributed by atoms with Crippen molar-refractivity contribution in [2.75, 3.05) is 13.2 Å². The first-order valence-electron chi connectivity index (χ1n) is 6.99. The van der Waals surface area contributed by atoms with Gasteiger partial charge in [-0.15, -0.1) is 0 Å². The minimum Gasteiger partial charge on any atom is -0.462 e. The molecule has 0 heterocycles. The zero-order valence-electron chi connectivity index (χ0n) is 13.9. The van der Waals surface area contributed by atoms with Crippen molar-refractivity contribution in [3.8, 4) is 0 Å². The Balaban J connectivity index is 0. The molecule has 0 amide bonds. The van der Waals surface area contributed by atoms with Crippen LogP contribution in [-0.2, 0) is 24.0 Å². The fraction of sp³-hybridized carbons (Fsp3) is 0.643. The molecule has 0 saturated carbocycles. The van der Waals surface area contributed by atoms with Crippen molar-refractivity contribution in [2.45, 2.75) is 44.7 Å². The molecule has 4 unspecified atom stereocenters. The summed E-state index contributed by atoms with van der Waals surface area (Å²) in [5.74, 6) is -2.26. The third kappa shape index (κ3) is 11.3. The van der Waals surface area contributed by atoms with Crippen LogP contribution in [0.3, 0.4) is 0 Å². The Morgan fingerprint density at radius 2 is 1.52 bits per heavy atom. The fourth-order valence-electron chi connectivity index (χ4n) is 1.23. The lowest BCUT2D eigenvalue weighted by Gasteiger charge is -2.24. The van der Waals surface area contributed by atoms with E-state index in [1.54, 1.807) is 0 Å². The summed E-state index contributed by atoms with van der Waals surface area (Å²) in [7, 11) is 0. The lowest BCUT2D eigenvalue weighted by molar-refractivity contribution is -0.231. The van der Waals surface area contributed by atoms with Gasteiger partial charge in [-0.05, 0) is 6.92 Å². The van der Waals surface area contributed by atoms with E-state index in [2.05, 4.69) is 16.2 Å². The van der Waals surface area contributed by atoms with Gasteiger partial charge >= 0.3 is 11.9 Å². The summed E-state index contributed by atoms with van der Waals surface area (Å²) in [5.41, 5.74) is 0.152. The normalized spacial score (nSPS) is 14.9. The van der Waals surface area contributed by atoms with Gasteiger partial charge in [0.15, 0.2) is 5.78 Å². The Kier molecular flexibility index (Phi) is 13.6. The minimum atomic E-state index is -1.96. The highest BCUT2D eigenvalue weighted by atomic mass is 17.1. The van der Waals surface area contributed by atoms with E-state index in [9.17, 15) is 29.7 Å². The molecule has 0 aromatic carbocycles. The fourth-order valence-corrected chi connectivity index (χ4v) is 1.23. The summed E-state index contributed by atoms with van der Waals surface area (Å²) in [6.45, 7) is 4.72. The van der Waals surface area contributed by atoms with E-state index in [1.165, 1.54) is 6.92 Å². The highest BCUT2D eigenvalue weighted by Crippen LogP contribution is 2.08. The highest BCUT2D eigenvalue weighted by molar-refractivity contribution is 5.87. The van der Waals surface area contributed by atoms with Crippen LogP contribution in [0.25, 0.3) is 0 Å². The Morgan fingerprint density at radius 1 is 1.04 bits per heavy atom. The van der Waals surface area contributed by atoms with Gasteiger partial charge in [0.1, 0.15) is 24.4 Å². The number of ether oxygens (including phenoxy) is 1. The largest absolute Gasteiger partial charge is 0.462 e. The molecule has 146 valence electrons. The molecule has 0 spiro atoms. The molecule has 0 rings (SSSR count). The van der Waals surface area contributed by atoms with E-state index < -0.39 is 48.7 Å². The molecule has 0 aromatic heterocycles. The van der Waals surface area contributed by atoms with Crippen molar-refractivity contribution in [1.29, 1.82) is 0 Å². The van der Waals surface area contributed by atoms with Crippen molar-refractivity contribution in [3.05, 3.63) is 12.2 Å². The third-order valence-corrected chi connectivity index (χ3v) is 2.64. The standard InChI is InChI=1S/C12H20O8.C2H4O3/c1-6(2)12(19)20-4-3-7(14)9(16)11(18)10(17)8(15)5-13;1-2(3)5-4/h8-11,13,15-18H,1,3-5H2,2H3;4H,1H3. The van der Waals surface area contributed by atoms with Crippen molar-refractivity contribution in [3.63, 3.8) is 0 Å². The van der Waals surface area contributed by atoms with E-state index in [0.717, 1.165) is 6.92 Å². The minimum absolute atomic E-state index is 0.152. The number of hydrogen-bond donors (Lipinski definition) is 6. The second kappa shape index (κ2) is 13.4. The maximum absolute atomic E-state index is 11.5. The molecule has 0 aliphatic rings. The van der Waals surface area contributed by atoms with E-state index >= 15 is 0 Å². The molecule has 0 saturated heterocycles. The molecule has 4 atom stereocenters. The van der Waals surface area contributed by atoms with Gasteiger partial charge in [-0.3, -0.25) is 4.79 Å². The Morgan fingerprint density at radius 3 is 1.88 bits per heavy atom. The lowest BCUT2D eigenvalue weighted by atomic mass is 9.99. The van der Waals surface area contributed by atoms with E-state index in [0.29, 0.717) is 0 Å². The molecule has 0 aliphatic heterocycles. The second-order valence-electron chi connectivity index (χ2n) is 4.89. The molecule has 0 fully saturated rings. The molecule has 0 aromatic rings. The highest BCUT2D eigenvalue weighted by Gasteiger charge is 2.33. The first-order valence-corrected chi connectivity index (χ1v) is 6.99. The molecular weight excluding hydrogens is 344 g/mol.